The fraction of sp³-hybridized carbons (Fsp3) is 0.214. The fourth-order valence-electron chi connectivity index (χ4n) is 1.53. The fourth-order valence-corrected chi connectivity index (χ4v) is 1.53. The third-order valence-corrected chi connectivity index (χ3v) is 2.50. The number of pyridine rings is 2. The van der Waals surface area contributed by atoms with Crippen LogP contribution in [0.2, 0.25) is 0 Å². The highest BCUT2D eigenvalue weighted by Gasteiger charge is 2.06. The number of esters is 1. The van der Waals surface area contributed by atoms with E-state index < -0.39 is 0 Å². The van der Waals surface area contributed by atoms with Crippen molar-refractivity contribution in [3.63, 3.8) is 0 Å². The summed E-state index contributed by atoms with van der Waals surface area (Å²) in [5, 5.41) is 3.17. The lowest BCUT2D eigenvalue weighted by Gasteiger charge is -2.06. The average Bonchev–Trinajstić information content (AvgIpc) is 2.47. The highest BCUT2D eigenvalue weighted by molar-refractivity contribution is 5.89. The minimum Gasteiger partial charge on any atom is -0.462 e. The molecule has 5 heteroatoms. The van der Waals surface area contributed by atoms with Gasteiger partial charge in [-0.2, -0.15) is 0 Å². The number of anilines is 1. The summed E-state index contributed by atoms with van der Waals surface area (Å²) in [6.45, 7) is 2.80. The smallest absolute Gasteiger partial charge is 0.339 e. The molecule has 2 rings (SSSR count). The molecule has 5 nitrogen and oxygen atoms in total. The number of ether oxygens (including phenoxy) is 1. The lowest BCUT2D eigenvalue weighted by atomic mass is 10.2. The van der Waals surface area contributed by atoms with Crippen LogP contribution in [0.4, 0.5) is 5.82 Å². The van der Waals surface area contributed by atoms with E-state index in [0.29, 0.717) is 24.5 Å². The highest BCUT2D eigenvalue weighted by atomic mass is 16.5. The van der Waals surface area contributed by atoms with Gasteiger partial charge in [-0.25, -0.2) is 9.78 Å². The van der Waals surface area contributed by atoms with E-state index in [9.17, 15) is 4.79 Å². The van der Waals surface area contributed by atoms with Gasteiger partial charge in [0.2, 0.25) is 0 Å². The van der Waals surface area contributed by atoms with Gasteiger partial charge >= 0.3 is 5.97 Å². The maximum Gasteiger partial charge on any atom is 0.339 e. The van der Waals surface area contributed by atoms with Gasteiger partial charge in [0.25, 0.3) is 0 Å². The molecule has 0 amide bonds. The maximum absolute atomic E-state index is 11.4. The van der Waals surface area contributed by atoms with Crippen LogP contribution in [0.5, 0.6) is 0 Å². The first-order chi connectivity index (χ1) is 9.29. The van der Waals surface area contributed by atoms with Gasteiger partial charge in [-0.05, 0) is 36.8 Å². The van der Waals surface area contributed by atoms with Crippen molar-refractivity contribution in [1.82, 2.24) is 9.97 Å². The number of aromatic nitrogens is 2. The van der Waals surface area contributed by atoms with Crippen molar-refractivity contribution in [2.45, 2.75) is 13.5 Å². The Hall–Kier alpha value is -2.43. The highest BCUT2D eigenvalue weighted by Crippen LogP contribution is 2.08. The zero-order chi connectivity index (χ0) is 13.5. The largest absolute Gasteiger partial charge is 0.462 e. The first-order valence-corrected chi connectivity index (χ1v) is 6.05. The third kappa shape index (κ3) is 3.77. The van der Waals surface area contributed by atoms with Gasteiger partial charge in [-0.3, -0.25) is 4.98 Å². The van der Waals surface area contributed by atoms with Crippen molar-refractivity contribution in [1.29, 1.82) is 0 Å². The van der Waals surface area contributed by atoms with Crippen LogP contribution in [0, 0.1) is 0 Å². The van der Waals surface area contributed by atoms with E-state index in [-0.39, 0.29) is 5.97 Å². The summed E-state index contributed by atoms with van der Waals surface area (Å²) >= 11 is 0. The molecule has 0 aliphatic carbocycles. The molecule has 0 atom stereocenters. The number of nitrogens with one attached hydrogen (secondary N) is 1. The predicted molar refractivity (Wildman–Crippen MR) is 71.8 cm³/mol. The number of hydrogen-bond donors (Lipinski definition) is 1. The standard InChI is InChI=1S/C14H15N3O2/c1-2-19-14(18)12-3-4-13(17-10-12)16-9-11-5-7-15-8-6-11/h3-8,10H,2,9H2,1H3,(H,16,17). The minimum absolute atomic E-state index is 0.351. The Bertz CT molecular complexity index is 526. The Morgan fingerprint density at radius 3 is 2.68 bits per heavy atom. The summed E-state index contributed by atoms with van der Waals surface area (Å²) in [6, 6.07) is 7.31. The van der Waals surface area contributed by atoms with Crippen LogP contribution in [0.15, 0.2) is 42.9 Å². The molecule has 0 aliphatic heterocycles. The maximum atomic E-state index is 11.4. The predicted octanol–water partition coefficient (Wildman–Crippen LogP) is 2.27. The lowest BCUT2D eigenvalue weighted by molar-refractivity contribution is 0.0526. The summed E-state index contributed by atoms with van der Waals surface area (Å²) in [7, 11) is 0. The second-order valence-corrected chi connectivity index (χ2v) is 3.86. The molecule has 0 saturated heterocycles. The SMILES string of the molecule is CCOC(=O)c1ccc(NCc2ccncc2)nc1. The van der Waals surface area contributed by atoms with Crippen molar-refractivity contribution in [2.75, 3.05) is 11.9 Å². The first kappa shape index (κ1) is 13.0. The Morgan fingerprint density at radius 1 is 1.26 bits per heavy atom. The van der Waals surface area contributed by atoms with Crippen molar-refractivity contribution >= 4 is 11.8 Å². The van der Waals surface area contributed by atoms with Crippen molar-refractivity contribution < 1.29 is 9.53 Å². The molecule has 2 aromatic rings. The number of nitrogens with zero attached hydrogens (tertiary/aromatic N) is 2. The second kappa shape index (κ2) is 6.49. The monoisotopic (exact) mass is 257 g/mol. The van der Waals surface area contributed by atoms with Gasteiger partial charge in [0, 0.05) is 25.1 Å². The minimum atomic E-state index is -0.351. The molecule has 0 bridgehead atoms. The summed E-state index contributed by atoms with van der Waals surface area (Å²) in [5.74, 6) is 0.362. The van der Waals surface area contributed by atoms with Gasteiger partial charge in [0.15, 0.2) is 0 Å². The van der Waals surface area contributed by atoms with Crippen LogP contribution in [0.1, 0.15) is 22.8 Å². The Kier molecular flexibility index (Phi) is 4.44. The molecular weight excluding hydrogens is 242 g/mol. The molecule has 0 fully saturated rings. The van der Waals surface area contributed by atoms with Crippen LogP contribution in [0.25, 0.3) is 0 Å². The van der Waals surface area contributed by atoms with E-state index in [1.165, 1.54) is 6.20 Å². The lowest BCUT2D eigenvalue weighted by Crippen LogP contribution is -2.06. The molecule has 2 aromatic heterocycles. The van der Waals surface area contributed by atoms with Gasteiger partial charge < -0.3 is 10.1 Å². The molecule has 0 unspecified atom stereocenters. The average molecular weight is 257 g/mol. The molecule has 0 saturated carbocycles. The van der Waals surface area contributed by atoms with E-state index in [1.54, 1.807) is 31.5 Å². The van der Waals surface area contributed by atoms with Crippen molar-refractivity contribution in [3.05, 3.63) is 54.0 Å². The Morgan fingerprint density at radius 2 is 2.05 bits per heavy atom. The Balaban J connectivity index is 1.94. The van der Waals surface area contributed by atoms with E-state index >= 15 is 0 Å². The summed E-state index contributed by atoms with van der Waals surface area (Å²) in [4.78, 5) is 19.6. The zero-order valence-corrected chi connectivity index (χ0v) is 10.7. The van der Waals surface area contributed by atoms with Crippen molar-refractivity contribution in [3.8, 4) is 0 Å². The number of hydrogen-bond acceptors (Lipinski definition) is 5. The molecule has 1 N–H and O–H groups in total. The van der Waals surface area contributed by atoms with Crippen LogP contribution < -0.4 is 5.32 Å². The van der Waals surface area contributed by atoms with Crippen LogP contribution in [-0.2, 0) is 11.3 Å². The van der Waals surface area contributed by atoms with E-state index in [4.69, 9.17) is 4.74 Å². The summed E-state index contributed by atoms with van der Waals surface area (Å²) < 4.78 is 4.89. The quantitative estimate of drug-likeness (QED) is 0.832. The summed E-state index contributed by atoms with van der Waals surface area (Å²) in [6.07, 6.45) is 5.00. The van der Waals surface area contributed by atoms with Crippen molar-refractivity contribution in [2.24, 2.45) is 0 Å². The molecular formula is C14H15N3O2. The number of rotatable bonds is 5. The number of carbonyl (C=O) groups excluding carboxylic acids is 1. The molecule has 0 spiro atoms. The van der Waals surface area contributed by atoms with Gasteiger partial charge in [-0.1, -0.05) is 0 Å². The van der Waals surface area contributed by atoms with Crippen LogP contribution >= 0.6 is 0 Å². The zero-order valence-electron chi connectivity index (χ0n) is 10.7. The molecule has 0 aromatic carbocycles. The Labute approximate surface area is 111 Å². The molecule has 2 heterocycles. The normalized spacial score (nSPS) is 9.95. The van der Waals surface area contributed by atoms with Crippen LogP contribution in [-0.4, -0.2) is 22.5 Å². The third-order valence-electron chi connectivity index (χ3n) is 2.50. The first-order valence-electron chi connectivity index (χ1n) is 6.05. The van der Waals surface area contributed by atoms with E-state index in [1.807, 2.05) is 12.1 Å². The molecule has 0 radical (unpaired) electrons. The number of carbonyl (C=O) groups is 1. The van der Waals surface area contributed by atoms with Crippen LogP contribution in [0.3, 0.4) is 0 Å². The summed E-state index contributed by atoms with van der Waals surface area (Å²) in [5.41, 5.74) is 1.57. The van der Waals surface area contributed by atoms with E-state index in [2.05, 4.69) is 15.3 Å². The molecule has 19 heavy (non-hydrogen) atoms. The molecule has 0 aliphatic rings. The van der Waals surface area contributed by atoms with Gasteiger partial charge in [0.1, 0.15) is 5.82 Å². The topological polar surface area (TPSA) is 64.1 Å². The van der Waals surface area contributed by atoms with Gasteiger partial charge in [0.05, 0.1) is 12.2 Å². The van der Waals surface area contributed by atoms with E-state index in [0.717, 1.165) is 5.56 Å². The van der Waals surface area contributed by atoms with Gasteiger partial charge in [-0.15, -0.1) is 0 Å². The molecule has 98 valence electrons. The second-order valence-electron chi connectivity index (χ2n) is 3.86.